The molecule has 0 aliphatic carbocycles. The number of benzene rings is 2. The van der Waals surface area contributed by atoms with Crippen molar-refractivity contribution in [2.75, 3.05) is 19.8 Å². The third-order valence-corrected chi connectivity index (χ3v) is 6.07. The molecule has 4 rings (SSSR count). The van der Waals surface area contributed by atoms with Gasteiger partial charge in [0.1, 0.15) is 5.82 Å². The van der Waals surface area contributed by atoms with Crippen LogP contribution in [0.1, 0.15) is 52.5 Å². The van der Waals surface area contributed by atoms with Crippen molar-refractivity contribution in [3.8, 4) is 17.2 Å². The summed E-state index contributed by atoms with van der Waals surface area (Å²) < 4.78 is 32.1. The van der Waals surface area contributed by atoms with Gasteiger partial charge in [-0.05, 0) is 62.4 Å². The number of aryl methyl sites for hydroxylation is 1. The van der Waals surface area contributed by atoms with Gasteiger partial charge in [0.25, 0.3) is 0 Å². The van der Waals surface area contributed by atoms with Crippen LogP contribution in [0, 0.1) is 12.7 Å². The molecular formula is C28H30FNO4. The highest BCUT2D eigenvalue weighted by molar-refractivity contribution is 6.00. The Labute approximate surface area is 199 Å². The van der Waals surface area contributed by atoms with Crippen molar-refractivity contribution in [1.29, 1.82) is 0 Å². The van der Waals surface area contributed by atoms with Crippen LogP contribution in [0.4, 0.5) is 4.39 Å². The van der Waals surface area contributed by atoms with Crippen molar-refractivity contribution in [3.63, 3.8) is 0 Å². The number of halogens is 1. The fraction of sp³-hybridized carbons (Fsp3) is 0.357. The van der Waals surface area contributed by atoms with Gasteiger partial charge in [-0.25, -0.2) is 4.39 Å². The Morgan fingerprint density at radius 3 is 2.59 bits per heavy atom. The standard InChI is InChI=1S/C28H30FNO4/c1-19-23-14-18-33-26(23)28(32-16-8-6-10-21-9-3-4-12-24(21)29)27(25(19)20(2)31)34-17-13-22-11-5-7-15-30-22/h3-5,7,9,11-12,15H,6,8,10,13-14,16-18H2,1-2H3. The first-order valence-electron chi connectivity index (χ1n) is 11.8. The Morgan fingerprint density at radius 1 is 1.03 bits per heavy atom. The number of carbonyl (C=O) groups is 1. The smallest absolute Gasteiger partial charge is 0.204 e. The topological polar surface area (TPSA) is 57.7 Å². The number of rotatable bonds is 11. The Morgan fingerprint density at radius 2 is 1.82 bits per heavy atom. The number of pyridine rings is 1. The van der Waals surface area contributed by atoms with Gasteiger partial charge in [0.2, 0.25) is 5.75 Å². The Bertz CT molecular complexity index is 1150. The minimum atomic E-state index is -0.178. The van der Waals surface area contributed by atoms with Crippen molar-refractivity contribution in [1.82, 2.24) is 4.98 Å². The van der Waals surface area contributed by atoms with Gasteiger partial charge in [-0.15, -0.1) is 0 Å². The summed E-state index contributed by atoms with van der Waals surface area (Å²) in [5.74, 6) is 1.36. The largest absolute Gasteiger partial charge is 0.489 e. The molecule has 0 radical (unpaired) electrons. The predicted octanol–water partition coefficient (Wildman–Crippen LogP) is 5.69. The second-order valence-corrected chi connectivity index (χ2v) is 8.44. The van der Waals surface area contributed by atoms with E-state index in [1.165, 1.54) is 6.07 Å². The third kappa shape index (κ3) is 5.38. The molecule has 6 heteroatoms. The van der Waals surface area contributed by atoms with Crippen LogP contribution in [0.2, 0.25) is 0 Å². The van der Waals surface area contributed by atoms with Gasteiger partial charge in [-0.2, -0.15) is 0 Å². The van der Waals surface area contributed by atoms with Crippen LogP contribution < -0.4 is 14.2 Å². The molecule has 0 saturated carbocycles. The number of aromatic nitrogens is 1. The lowest BCUT2D eigenvalue weighted by molar-refractivity contribution is 0.101. The van der Waals surface area contributed by atoms with Gasteiger partial charge in [-0.1, -0.05) is 24.3 Å². The van der Waals surface area contributed by atoms with E-state index in [4.69, 9.17) is 14.2 Å². The monoisotopic (exact) mass is 463 g/mol. The van der Waals surface area contributed by atoms with Crippen LogP contribution in [-0.4, -0.2) is 30.6 Å². The molecule has 1 aromatic heterocycles. The number of fused-ring (bicyclic) bond motifs is 1. The molecule has 0 atom stereocenters. The van der Waals surface area contributed by atoms with Gasteiger partial charge in [0.05, 0.1) is 25.4 Å². The fourth-order valence-corrected chi connectivity index (χ4v) is 4.34. The van der Waals surface area contributed by atoms with E-state index in [0.29, 0.717) is 61.0 Å². The van der Waals surface area contributed by atoms with Crippen LogP contribution in [-0.2, 0) is 19.3 Å². The average molecular weight is 464 g/mol. The Hall–Kier alpha value is -3.41. The Balaban J connectivity index is 1.49. The van der Waals surface area contributed by atoms with Crippen LogP contribution in [0.3, 0.4) is 0 Å². The van der Waals surface area contributed by atoms with Crippen molar-refractivity contribution in [2.24, 2.45) is 0 Å². The van der Waals surface area contributed by atoms with Crippen LogP contribution >= 0.6 is 0 Å². The summed E-state index contributed by atoms with van der Waals surface area (Å²) in [6.45, 7) is 4.82. The molecule has 1 aliphatic heterocycles. The van der Waals surface area contributed by atoms with E-state index in [1.54, 1.807) is 19.2 Å². The lowest BCUT2D eigenvalue weighted by Gasteiger charge is -2.20. The maximum atomic E-state index is 13.9. The van der Waals surface area contributed by atoms with Crippen molar-refractivity contribution < 1.29 is 23.4 Å². The highest BCUT2D eigenvalue weighted by Crippen LogP contribution is 2.48. The molecule has 2 aromatic carbocycles. The molecular weight excluding hydrogens is 433 g/mol. The van der Waals surface area contributed by atoms with Gasteiger partial charge >= 0.3 is 0 Å². The van der Waals surface area contributed by atoms with E-state index in [-0.39, 0.29) is 11.6 Å². The van der Waals surface area contributed by atoms with Crippen molar-refractivity contribution >= 4 is 5.78 Å². The van der Waals surface area contributed by atoms with Crippen LogP contribution in [0.15, 0.2) is 48.7 Å². The SMILES string of the molecule is CC(=O)c1c(C)c2c(c(OCCCCc3ccccc3F)c1OCCc1ccccn1)OCC2. The third-order valence-electron chi connectivity index (χ3n) is 6.07. The van der Waals surface area contributed by atoms with Crippen LogP contribution in [0.25, 0.3) is 0 Å². The Kier molecular flexibility index (Phi) is 7.78. The molecule has 0 spiro atoms. The second-order valence-electron chi connectivity index (χ2n) is 8.44. The number of hydrogen-bond acceptors (Lipinski definition) is 5. The van der Waals surface area contributed by atoms with Gasteiger partial charge < -0.3 is 14.2 Å². The number of nitrogens with zero attached hydrogens (tertiary/aromatic N) is 1. The number of Topliss-reactive ketones (excluding diaryl/α,β-unsaturated/α-hetero) is 1. The normalized spacial score (nSPS) is 12.2. The average Bonchev–Trinajstić information content (AvgIpc) is 3.32. The number of ketones is 1. The van der Waals surface area contributed by atoms with E-state index in [1.807, 2.05) is 37.3 Å². The minimum absolute atomic E-state index is 0.0653. The van der Waals surface area contributed by atoms with E-state index in [0.717, 1.165) is 36.1 Å². The highest BCUT2D eigenvalue weighted by atomic mass is 19.1. The zero-order valence-electron chi connectivity index (χ0n) is 19.7. The summed E-state index contributed by atoms with van der Waals surface area (Å²) in [6.07, 6.45) is 5.26. The summed E-state index contributed by atoms with van der Waals surface area (Å²) in [5.41, 5.74) is 4.06. The van der Waals surface area contributed by atoms with Gasteiger partial charge in [0.15, 0.2) is 17.3 Å². The lowest BCUT2D eigenvalue weighted by Crippen LogP contribution is -2.11. The van der Waals surface area contributed by atoms with E-state index in [2.05, 4.69) is 4.98 Å². The number of hydrogen-bond donors (Lipinski definition) is 0. The summed E-state index contributed by atoms with van der Waals surface area (Å²) in [4.78, 5) is 17.0. The second kappa shape index (κ2) is 11.1. The molecule has 0 saturated heterocycles. The zero-order chi connectivity index (χ0) is 23.9. The first-order chi connectivity index (χ1) is 16.6. The molecule has 2 heterocycles. The van der Waals surface area contributed by atoms with Crippen LogP contribution in [0.5, 0.6) is 17.2 Å². The predicted molar refractivity (Wildman–Crippen MR) is 129 cm³/mol. The molecule has 3 aromatic rings. The maximum Gasteiger partial charge on any atom is 0.204 e. The molecule has 34 heavy (non-hydrogen) atoms. The molecule has 0 N–H and O–H groups in total. The van der Waals surface area contributed by atoms with Gasteiger partial charge in [-0.3, -0.25) is 9.78 Å². The molecule has 0 unspecified atom stereocenters. The van der Waals surface area contributed by atoms with E-state index in [9.17, 15) is 9.18 Å². The molecule has 0 fully saturated rings. The quantitative estimate of drug-likeness (QED) is 0.270. The summed E-state index contributed by atoms with van der Waals surface area (Å²) in [7, 11) is 0. The molecule has 1 aliphatic rings. The molecule has 5 nitrogen and oxygen atoms in total. The first kappa shape index (κ1) is 23.7. The fourth-order valence-electron chi connectivity index (χ4n) is 4.34. The van der Waals surface area contributed by atoms with Gasteiger partial charge in [0, 0.05) is 30.3 Å². The summed E-state index contributed by atoms with van der Waals surface area (Å²) in [6, 6.07) is 12.6. The molecule has 178 valence electrons. The number of carbonyl (C=O) groups excluding carboxylic acids is 1. The summed E-state index contributed by atoms with van der Waals surface area (Å²) >= 11 is 0. The molecule has 0 bridgehead atoms. The molecule has 0 amide bonds. The van der Waals surface area contributed by atoms with E-state index < -0.39 is 0 Å². The van der Waals surface area contributed by atoms with Crippen molar-refractivity contribution in [2.45, 2.75) is 46.0 Å². The zero-order valence-corrected chi connectivity index (χ0v) is 19.7. The van der Waals surface area contributed by atoms with Crippen molar-refractivity contribution in [3.05, 3.63) is 82.4 Å². The highest BCUT2D eigenvalue weighted by Gasteiger charge is 2.30. The lowest BCUT2D eigenvalue weighted by atomic mass is 9.96. The maximum absolute atomic E-state index is 13.9. The number of unbranched alkanes of at least 4 members (excludes halogenated alkanes) is 1. The number of ether oxygens (including phenoxy) is 3. The summed E-state index contributed by atoms with van der Waals surface area (Å²) in [5, 5.41) is 0. The minimum Gasteiger partial charge on any atom is -0.489 e. The first-order valence-corrected chi connectivity index (χ1v) is 11.8. The van der Waals surface area contributed by atoms with E-state index >= 15 is 0 Å².